The average Bonchev–Trinajstić information content (AvgIpc) is 2.74. The number of hydrogen-bond donors (Lipinski definition) is 2. The summed E-state index contributed by atoms with van der Waals surface area (Å²) in [5.74, 6) is 0.228. The van der Waals surface area contributed by atoms with Crippen molar-refractivity contribution in [3.8, 4) is 0 Å². The third kappa shape index (κ3) is 6.18. The summed E-state index contributed by atoms with van der Waals surface area (Å²) < 4.78 is 27.6. The van der Waals surface area contributed by atoms with E-state index in [1.165, 1.54) is 0 Å². The molecule has 0 unspecified atom stereocenters. The van der Waals surface area contributed by atoms with E-state index in [0.717, 1.165) is 17.5 Å². The van der Waals surface area contributed by atoms with Gasteiger partial charge >= 0.3 is 0 Å². The predicted octanol–water partition coefficient (Wildman–Crippen LogP) is 5.31. The summed E-state index contributed by atoms with van der Waals surface area (Å²) in [5.41, 5.74) is 2.93. The number of rotatable bonds is 8. The van der Waals surface area contributed by atoms with Gasteiger partial charge in [0.05, 0.1) is 10.9 Å². The van der Waals surface area contributed by atoms with Crippen molar-refractivity contribution in [3.63, 3.8) is 0 Å². The van der Waals surface area contributed by atoms with Crippen LogP contribution in [0.5, 0.6) is 0 Å². The number of hydrogen-bond acceptors (Lipinski definition) is 3. The van der Waals surface area contributed by atoms with E-state index in [1.54, 1.807) is 48.5 Å². The highest BCUT2D eigenvalue weighted by atomic mass is 32.2. The highest BCUT2D eigenvalue weighted by molar-refractivity contribution is 7.92. The molecule has 0 aliphatic rings. The van der Waals surface area contributed by atoms with Gasteiger partial charge in [-0.1, -0.05) is 61.9 Å². The fourth-order valence-electron chi connectivity index (χ4n) is 3.30. The third-order valence-corrected chi connectivity index (χ3v) is 6.34. The predicted molar refractivity (Wildman–Crippen MR) is 125 cm³/mol. The maximum atomic E-state index is 12.8. The molecule has 3 aromatic rings. The van der Waals surface area contributed by atoms with Crippen molar-refractivity contribution in [3.05, 3.63) is 95.6 Å². The zero-order valence-corrected chi connectivity index (χ0v) is 18.8. The smallest absolute Gasteiger partial charge is 0.261 e. The maximum Gasteiger partial charge on any atom is 0.261 e. The number of benzene rings is 3. The van der Waals surface area contributed by atoms with E-state index in [2.05, 4.69) is 23.9 Å². The first-order chi connectivity index (χ1) is 14.7. The van der Waals surface area contributed by atoms with Gasteiger partial charge in [-0.3, -0.25) is 9.52 Å². The van der Waals surface area contributed by atoms with Crippen molar-refractivity contribution in [1.82, 2.24) is 5.32 Å². The number of carbonyl (C=O) groups excluding carboxylic acids is 1. The van der Waals surface area contributed by atoms with Crippen molar-refractivity contribution in [1.29, 1.82) is 0 Å². The molecule has 0 spiro atoms. The van der Waals surface area contributed by atoms with Gasteiger partial charge in [-0.15, -0.1) is 0 Å². The molecular weight excluding hydrogens is 408 g/mol. The summed E-state index contributed by atoms with van der Waals surface area (Å²) in [4.78, 5) is 13.0. The topological polar surface area (TPSA) is 75.3 Å². The minimum absolute atomic E-state index is 0.0894. The lowest BCUT2D eigenvalue weighted by Crippen LogP contribution is -2.29. The van der Waals surface area contributed by atoms with E-state index in [0.29, 0.717) is 17.2 Å². The molecule has 5 nitrogen and oxygen atoms in total. The van der Waals surface area contributed by atoms with Gasteiger partial charge < -0.3 is 5.32 Å². The Morgan fingerprint density at radius 1 is 0.871 bits per heavy atom. The summed E-state index contributed by atoms with van der Waals surface area (Å²) in [7, 11) is -3.68. The molecule has 162 valence electrons. The fourth-order valence-corrected chi connectivity index (χ4v) is 4.36. The molecule has 1 amide bonds. The Bertz CT molecular complexity index is 1110. The monoisotopic (exact) mass is 436 g/mol. The molecule has 0 saturated carbocycles. The molecule has 0 saturated heterocycles. The second-order valence-electron chi connectivity index (χ2n) is 8.06. The Balaban J connectivity index is 1.71. The molecule has 0 heterocycles. The van der Waals surface area contributed by atoms with Crippen molar-refractivity contribution in [2.24, 2.45) is 5.92 Å². The first-order valence-electron chi connectivity index (χ1n) is 10.3. The van der Waals surface area contributed by atoms with Crippen LogP contribution in [0.1, 0.15) is 47.8 Å². The molecule has 0 radical (unpaired) electrons. The van der Waals surface area contributed by atoms with Gasteiger partial charge in [-0.25, -0.2) is 8.42 Å². The highest BCUT2D eigenvalue weighted by Crippen LogP contribution is 2.22. The average molecular weight is 437 g/mol. The van der Waals surface area contributed by atoms with Crippen LogP contribution in [0.25, 0.3) is 0 Å². The molecule has 3 rings (SSSR count). The lowest BCUT2D eigenvalue weighted by Gasteiger charge is -2.21. The van der Waals surface area contributed by atoms with Gasteiger partial charge in [-0.2, -0.15) is 0 Å². The number of aryl methyl sites for hydroxylation is 1. The molecule has 2 N–H and O–H groups in total. The van der Waals surface area contributed by atoms with E-state index in [9.17, 15) is 13.2 Å². The van der Waals surface area contributed by atoms with E-state index in [-0.39, 0.29) is 16.8 Å². The maximum absolute atomic E-state index is 12.8. The largest absolute Gasteiger partial charge is 0.345 e. The Labute approximate surface area is 184 Å². The standard InChI is InChI=1S/C25H28N2O3S/c1-18(2)17-24(20-7-5-4-6-8-20)26-25(28)21-11-13-22(14-12-21)27-31(29,30)23-15-9-19(3)10-16-23/h4-16,18,24,27H,17H2,1-3H3,(H,26,28)/t24-/m1/s1. The molecular formula is C25H28N2O3S. The first kappa shape index (κ1) is 22.6. The Hall–Kier alpha value is -3.12. The van der Waals surface area contributed by atoms with Crippen LogP contribution >= 0.6 is 0 Å². The van der Waals surface area contributed by atoms with Crippen molar-refractivity contribution >= 4 is 21.6 Å². The summed E-state index contributed by atoms with van der Waals surface area (Å²) in [5, 5.41) is 3.10. The van der Waals surface area contributed by atoms with Crippen molar-refractivity contribution < 1.29 is 13.2 Å². The summed E-state index contributed by atoms with van der Waals surface area (Å²) in [6.45, 7) is 6.14. The van der Waals surface area contributed by atoms with Crippen molar-refractivity contribution in [2.75, 3.05) is 4.72 Å². The van der Waals surface area contributed by atoms with Gasteiger partial charge in [0.1, 0.15) is 0 Å². The van der Waals surface area contributed by atoms with Crippen LogP contribution in [0.3, 0.4) is 0 Å². The molecule has 0 bridgehead atoms. The summed E-state index contributed by atoms with van der Waals surface area (Å²) >= 11 is 0. The summed E-state index contributed by atoms with van der Waals surface area (Å²) in [6, 6.07) is 22.9. The van der Waals surface area contributed by atoms with Crippen LogP contribution in [0, 0.1) is 12.8 Å². The quantitative estimate of drug-likeness (QED) is 0.502. The number of sulfonamides is 1. The number of anilines is 1. The Kier molecular flexibility index (Phi) is 7.13. The zero-order chi connectivity index (χ0) is 22.4. The van der Waals surface area contributed by atoms with Gasteiger partial charge in [0, 0.05) is 11.3 Å². The second-order valence-corrected chi connectivity index (χ2v) is 9.74. The van der Waals surface area contributed by atoms with E-state index < -0.39 is 10.0 Å². The minimum atomic E-state index is -3.68. The molecule has 3 aromatic carbocycles. The van der Waals surface area contributed by atoms with E-state index in [4.69, 9.17) is 0 Å². The third-order valence-electron chi connectivity index (χ3n) is 4.94. The highest BCUT2D eigenvalue weighted by Gasteiger charge is 2.18. The van der Waals surface area contributed by atoms with Gasteiger partial charge in [-0.05, 0) is 61.2 Å². The lowest BCUT2D eigenvalue weighted by molar-refractivity contribution is 0.0932. The number of amides is 1. The molecule has 0 aliphatic carbocycles. The van der Waals surface area contributed by atoms with Crippen LogP contribution in [-0.4, -0.2) is 14.3 Å². The van der Waals surface area contributed by atoms with E-state index >= 15 is 0 Å². The molecule has 1 atom stereocenters. The minimum Gasteiger partial charge on any atom is -0.345 e. The van der Waals surface area contributed by atoms with Crippen LogP contribution < -0.4 is 10.0 Å². The van der Waals surface area contributed by atoms with E-state index in [1.807, 2.05) is 37.3 Å². The van der Waals surface area contributed by atoms with Gasteiger partial charge in [0.2, 0.25) is 0 Å². The van der Waals surface area contributed by atoms with Crippen LogP contribution in [0.15, 0.2) is 83.8 Å². The molecule has 6 heteroatoms. The van der Waals surface area contributed by atoms with Gasteiger partial charge in [0.15, 0.2) is 0 Å². The molecule has 0 aliphatic heterocycles. The Morgan fingerprint density at radius 3 is 2.06 bits per heavy atom. The van der Waals surface area contributed by atoms with Crippen LogP contribution in [0.4, 0.5) is 5.69 Å². The SMILES string of the molecule is Cc1ccc(S(=O)(=O)Nc2ccc(C(=O)N[C@H](CC(C)C)c3ccccc3)cc2)cc1. The first-order valence-corrected chi connectivity index (χ1v) is 11.8. The van der Waals surface area contributed by atoms with Crippen molar-refractivity contribution in [2.45, 2.75) is 38.1 Å². The summed E-state index contributed by atoms with van der Waals surface area (Å²) in [6.07, 6.45) is 0.824. The molecule has 0 aromatic heterocycles. The molecule has 0 fully saturated rings. The zero-order valence-electron chi connectivity index (χ0n) is 18.0. The van der Waals surface area contributed by atoms with Gasteiger partial charge in [0.25, 0.3) is 15.9 Å². The number of carbonyl (C=O) groups is 1. The molecule has 31 heavy (non-hydrogen) atoms. The fraction of sp³-hybridized carbons (Fsp3) is 0.240. The lowest BCUT2D eigenvalue weighted by atomic mass is 9.96. The van der Waals surface area contributed by atoms with Crippen LogP contribution in [-0.2, 0) is 10.0 Å². The Morgan fingerprint density at radius 2 is 1.48 bits per heavy atom. The van der Waals surface area contributed by atoms with Crippen LogP contribution in [0.2, 0.25) is 0 Å². The normalized spacial score (nSPS) is 12.4. The number of nitrogens with one attached hydrogen (secondary N) is 2. The second kappa shape index (κ2) is 9.79.